The summed E-state index contributed by atoms with van der Waals surface area (Å²) < 4.78 is 7.88. The van der Waals surface area contributed by atoms with Crippen LogP contribution in [0, 0.1) is 10.1 Å². The van der Waals surface area contributed by atoms with Crippen LogP contribution in [0.2, 0.25) is 0 Å². The molecule has 2 aromatic carbocycles. The minimum atomic E-state index is -0.566. The van der Waals surface area contributed by atoms with Crippen LogP contribution in [0.5, 0.6) is 5.75 Å². The van der Waals surface area contributed by atoms with Gasteiger partial charge in [0.25, 0.3) is 5.69 Å². The Labute approximate surface area is 185 Å². The molecule has 0 aliphatic rings. The lowest BCUT2D eigenvalue weighted by atomic mass is 10.2. The van der Waals surface area contributed by atoms with Crippen LogP contribution in [0.3, 0.4) is 0 Å². The van der Waals surface area contributed by atoms with Gasteiger partial charge in [0, 0.05) is 16.6 Å². The number of ether oxygens (including phenoxy) is 1. The fourth-order valence-corrected chi connectivity index (χ4v) is 3.77. The van der Waals surface area contributed by atoms with E-state index in [4.69, 9.17) is 4.74 Å². The van der Waals surface area contributed by atoms with E-state index < -0.39 is 4.92 Å². The Bertz CT molecular complexity index is 1070. The number of nitrogens with one attached hydrogen (secondary N) is 1. The van der Waals surface area contributed by atoms with Gasteiger partial charge in [-0.15, -0.1) is 10.2 Å². The second-order valence-electron chi connectivity index (χ2n) is 6.03. The Morgan fingerprint density at radius 2 is 2.00 bits per heavy atom. The summed E-state index contributed by atoms with van der Waals surface area (Å²) in [6.45, 7) is 2.60. The summed E-state index contributed by atoms with van der Waals surface area (Å²) >= 11 is 4.62. The monoisotopic (exact) mass is 491 g/mol. The minimum absolute atomic E-state index is 0.0294. The van der Waals surface area contributed by atoms with Gasteiger partial charge in [-0.3, -0.25) is 14.9 Å². The van der Waals surface area contributed by atoms with Crippen molar-refractivity contribution in [3.8, 4) is 17.1 Å². The van der Waals surface area contributed by atoms with Crippen LogP contribution in [0.1, 0.15) is 6.92 Å². The number of anilines is 1. The number of carbonyl (C=O) groups excluding carboxylic acids is 1. The van der Waals surface area contributed by atoms with Crippen LogP contribution < -0.4 is 10.1 Å². The van der Waals surface area contributed by atoms with Crippen LogP contribution in [-0.4, -0.2) is 38.5 Å². The van der Waals surface area contributed by atoms with E-state index >= 15 is 0 Å². The van der Waals surface area contributed by atoms with Gasteiger partial charge in [0.1, 0.15) is 11.4 Å². The molecule has 3 aromatic rings. The second-order valence-corrected chi connectivity index (χ2v) is 7.89. The van der Waals surface area contributed by atoms with Gasteiger partial charge in [-0.1, -0.05) is 39.8 Å². The maximum Gasteiger partial charge on any atom is 0.296 e. The maximum atomic E-state index is 12.4. The first-order chi connectivity index (χ1) is 14.4. The van der Waals surface area contributed by atoms with Crippen molar-refractivity contribution >= 4 is 45.0 Å². The molecule has 156 valence electrons. The van der Waals surface area contributed by atoms with E-state index in [0.717, 1.165) is 10.0 Å². The van der Waals surface area contributed by atoms with Gasteiger partial charge in [0.05, 0.1) is 23.9 Å². The molecule has 1 heterocycles. The molecule has 9 nitrogen and oxygen atoms in total. The minimum Gasteiger partial charge on any atom is -0.496 e. The molecule has 0 aliphatic carbocycles. The average Bonchev–Trinajstić information content (AvgIpc) is 3.15. The molecular formula is C19H18BrN5O4S. The molecule has 0 unspecified atom stereocenters. The van der Waals surface area contributed by atoms with E-state index in [9.17, 15) is 14.9 Å². The van der Waals surface area contributed by atoms with Crippen molar-refractivity contribution in [1.82, 2.24) is 14.8 Å². The topological polar surface area (TPSA) is 112 Å². The van der Waals surface area contributed by atoms with Gasteiger partial charge < -0.3 is 14.6 Å². The molecule has 0 aliphatic heterocycles. The number of amides is 1. The SMILES string of the molecule is CCn1c(SCC(=O)Nc2ccc(OC)cc2[N+](=O)[O-])nnc1-c1ccc(Br)cc1. The first kappa shape index (κ1) is 21.8. The third-order valence-corrected chi connectivity index (χ3v) is 5.64. The number of nitro groups is 1. The molecule has 0 saturated carbocycles. The van der Waals surface area contributed by atoms with Crippen molar-refractivity contribution in [1.29, 1.82) is 0 Å². The van der Waals surface area contributed by atoms with Gasteiger partial charge in [-0.05, 0) is 31.2 Å². The molecule has 0 fully saturated rings. The highest BCUT2D eigenvalue weighted by Crippen LogP contribution is 2.30. The fourth-order valence-electron chi connectivity index (χ4n) is 2.70. The summed E-state index contributed by atoms with van der Waals surface area (Å²) in [4.78, 5) is 23.1. The molecule has 0 bridgehead atoms. The Morgan fingerprint density at radius 3 is 2.63 bits per heavy atom. The van der Waals surface area contributed by atoms with Crippen molar-refractivity contribution in [2.75, 3.05) is 18.2 Å². The number of nitrogens with zero attached hydrogens (tertiary/aromatic N) is 4. The van der Waals surface area contributed by atoms with Crippen LogP contribution in [0.4, 0.5) is 11.4 Å². The first-order valence-electron chi connectivity index (χ1n) is 8.87. The number of rotatable bonds is 8. The maximum absolute atomic E-state index is 12.4. The van der Waals surface area contributed by atoms with E-state index in [1.54, 1.807) is 6.07 Å². The Hall–Kier alpha value is -2.92. The number of hydrogen-bond acceptors (Lipinski definition) is 7. The van der Waals surface area contributed by atoms with Crippen LogP contribution >= 0.6 is 27.7 Å². The van der Waals surface area contributed by atoms with Crippen molar-refractivity contribution in [2.45, 2.75) is 18.6 Å². The Kier molecular flexibility index (Phi) is 7.06. The highest BCUT2D eigenvalue weighted by molar-refractivity contribution is 9.10. The summed E-state index contributed by atoms with van der Waals surface area (Å²) in [5, 5.41) is 22.9. The first-order valence-corrected chi connectivity index (χ1v) is 10.6. The van der Waals surface area contributed by atoms with E-state index in [0.29, 0.717) is 23.3 Å². The lowest BCUT2D eigenvalue weighted by Crippen LogP contribution is -2.15. The van der Waals surface area contributed by atoms with E-state index in [1.807, 2.05) is 35.8 Å². The normalized spacial score (nSPS) is 10.6. The predicted molar refractivity (Wildman–Crippen MR) is 118 cm³/mol. The highest BCUT2D eigenvalue weighted by Gasteiger charge is 2.19. The Morgan fingerprint density at radius 1 is 1.27 bits per heavy atom. The number of thioether (sulfide) groups is 1. The predicted octanol–water partition coefficient (Wildman–Crippen LogP) is 4.38. The molecule has 1 N–H and O–H groups in total. The molecule has 0 radical (unpaired) electrons. The number of hydrogen-bond donors (Lipinski definition) is 1. The number of nitro benzene ring substituents is 1. The molecule has 0 spiro atoms. The molecule has 0 atom stereocenters. The standard InChI is InChI=1S/C19H18BrN5O4S/c1-3-24-18(12-4-6-13(20)7-5-12)22-23-19(24)30-11-17(26)21-15-9-8-14(29-2)10-16(15)25(27)28/h4-10H,3,11H2,1-2H3,(H,21,26). The smallest absolute Gasteiger partial charge is 0.296 e. The molecule has 11 heteroatoms. The molecule has 1 aromatic heterocycles. The van der Waals surface area contributed by atoms with Gasteiger partial charge >= 0.3 is 0 Å². The molecule has 3 rings (SSSR count). The summed E-state index contributed by atoms with van der Waals surface area (Å²) in [5.41, 5.74) is 0.790. The Balaban J connectivity index is 1.71. The average molecular weight is 492 g/mol. The summed E-state index contributed by atoms with van der Waals surface area (Å²) in [5.74, 6) is 0.690. The lowest BCUT2D eigenvalue weighted by molar-refractivity contribution is -0.384. The summed E-state index contributed by atoms with van der Waals surface area (Å²) in [6, 6.07) is 12.0. The quantitative estimate of drug-likeness (QED) is 0.282. The molecule has 0 saturated heterocycles. The van der Waals surface area contributed by atoms with Crippen molar-refractivity contribution in [3.05, 3.63) is 57.1 Å². The lowest BCUT2D eigenvalue weighted by Gasteiger charge is -2.09. The van der Waals surface area contributed by atoms with E-state index in [-0.39, 0.29) is 23.0 Å². The number of benzene rings is 2. The molecule has 1 amide bonds. The zero-order chi connectivity index (χ0) is 21.7. The van der Waals surface area contributed by atoms with E-state index in [1.165, 1.54) is 31.0 Å². The second kappa shape index (κ2) is 9.72. The third kappa shape index (κ3) is 4.97. The largest absolute Gasteiger partial charge is 0.496 e. The van der Waals surface area contributed by atoms with Crippen LogP contribution in [-0.2, 0) is 11.3 Å². The van der Waals surface area contributed by atoms with Gasteiger partial charge in [-0.2, -0.15) is 0 Å². The van der Waals surface area contributed by atoms with E-state index in [2.05, 4.69) is 31.4 Å². The molecular weight excluding hydrogens is 474 g/mol. The third-order valence-electron chi connectivity index (χ3n) is 4.14. The summed E-state index contributed by atoms with van der Waals surface area (Å²) in [7, 11) is 1.42. The fraction of sp³-hybridized carbons (Fsp3) is 0.211. The number of methoxy groups -OCH3 is 1. The zero-order valence-electron chi connectivity index (χ0n) is 16.2. The molecule has 30 heavy (non-hydrogen) atoms. The van der Waals surface area contributed by atoms with Crippen molar-refractivity contribution < 1.29 is 14.5 Å². The number of carbonyl (C=O) groups is 1. The zero-order valence-corrected chi connectivity index (χ0v) is 18.6. The van der Waals surface area contributed by atoms with Gasteiger partial charge in [0.15, 0.2) is 11.0 Å². The highest BCUT2D eigenvalue weighted by atomic mass is 79.9. The van der Waals surface area contributed by atoms with Crippen LogP contribution in [0.25, 0.3) is 11.4 Å². The van der Waals surface area contributed by atoms with Gasteiger partial charge in [-0.25, -0.2) is 0 Å². The number of halogens is 1. The summed E-state index contributed by atoms with van der Waals surface area (Å²) in [6.07, 6.45) is 0. The van der Waals surface area contributed by atoms with Crippen molar-refractivity contribution in [2.24, 2.45) is 0 Å². The van der Waals surface area contributed by atoms with Crippen LogP contribution in [0.15, 0.2) is 52.1 Å². The van der Waals surface area contributed by atoms with Gasteiger partial charge in [0.2, 0.25) is 5.91 Å². The number of aromatic nitrogens is 3. The van der Waals surface area contributed by atoms with Crippen molar-refractivity contribution in [3.63, 3.8) is 0 Å².